The minimum atomic E-state index is -1.00. The Hall–Kier alpha value is -4.20. The number of anilines is 1. The largest absolute Gasteiger partial charge is 0.337 e. The molecule has 2 heterocycles. The van der Waals surface area contributed by atoms with Gasteiger partial charge >= 0.3 is 0 Å². The number of benzene rings is 2. The van der Waals surface area contributed by atoms with E-state index in [-0.39, 0.29) is 11.7 Å². The van der Waals surface area contributed by atoms with Gasteiger partial charge in [0.25, 0.3) is 5.91 Å². The van der Waals surface area contributed by atoms with E-state index in [9.17, 15) is 23.2 Å². The lowest BCUT2D eigenvalue weighted by Gasteiger charge is -2.33. The van der Waals surface area contributed by atoms with E-state index in [1.54, 1.807) is 47.5 Å². The van der Waals surface area contributed by atoms with Crippen LogP contribution in [0.25, 0.3) is 5.57 Å². The Labute approximate surface area is 213 Å². The van der Waals surface area contributed by atoms with Crippen molar-refractivity contribution in [1.82, 2.24) is 9.88 Å². The highest BCUT2D eigenvalue weighted by molar-refractivity contribution is 6.16. The molecule has 1 aliphatic heterocycles. The van der Waals surface area contributed by atoms with Gasteiger partial charge in [-0.15, -0.1) is 0 Å². The van der Waals surface area contributed by atoms with Gasteiger partial charge in [0.05, 0.1) is 0 Å². The number of carbonyl (C=O) groups is 3. The molecule has 1 fully saturated rings. The van der Waals surface area contributed by atoms with Crippen LogP contribution >= 0.6 is 0 Å². The third kappa shape index (κ3) is 4.67. The van der Waals surface area contributed by atoms with Gasteiger partial charge in [0.15, 0.2) is 5.78 Å². The van der Waals surface area contributed by atoms with Crippen molar-refractivity contribution in [3.63, 3.8) is 0 Å². The molecule has 188 valence electrons. The number of halogens is 2. The van der Waals surface area contributed by atoms with Crippen LogP contribution in [0.4, 0.5) is 14.5 Å². The van der Waals surface area contributed by atoms with E-state index in [2.05, 4.69) is 10.3 Å². The van der Waals surface area contributed by atoms with Gasteiger partial charge in [-0.25, -0.2) is 8.78 Å². The fourth-order valence-electron chi connectivity index (χ4n) is 4.77. The molecule has 8 heteroatoms. The molecule has 0 atom stereocenters. The molecule has 0 spiro atoms. The van der Waals surface area contributed by atoms with Crippen LogP contribution < -0.4 is 5.32 Å². The summed E-state index contributed by atoms with van der Waals surface area (Å²) in [6.07, 6.45) is 4.85. The van der Waals surface area contributed by atoms with Crippen molar-refractivity contribution >= 4 is 28.9 Å². The van der Waals surface area contributed by atoms with Crippen molar-refractivity contribution in [3.8, 4) is 0 Å². The molecule has 2 aromatic carbocycles. The predicted molar refractivity (Wildman–Crippen MR) is 135 cm³/mol. The van der Waals surface area contributed by atoms with Gasteiger partial charge in [-0.1, -0.05) is 23.8 Å². The van der Waals surface area contributed by atoms with Crippen LogP contribution in [0.3, 0.4) is 0 Å². The molecule has 1 N–H and O–H groups in total. The molecular formula is C29H25F2N3O3. The SMILES string of the molecule is CC1=C(c2ccc(NC(=O)c3c(F)cccc3F)cc2)CN(C(=O)C2(C(=O)c3cccnc3)CC2)CC1. The molecule has 0 unspecified atom stereocenters. The van der Waals surface area contributed by atoms with E-state index >= 15 is 0 Å². The molecule has 1 aliphatic carbocycles. The number of pyridine rings is 1. The molecule has 37 heavy (non-hydrogen) atoms. The number of hydrogen-bond acceptors (Lipinski definition) is 4. The quantitative estimate of drug-likeness (QED) is 0.368. The normalized spacial score (nSPS) is 16.4. The summed E-state index contributed by atoms with van der Waals surface area (Å²) in [4.78, 5) is 44.8. The van der Waals surface area contributed by atoms with Crippen molar-refractivity contribution in [2.75, 3.05) is 18.4 Å². The highest BCUT2D eigenvalue weighted by Crippen LogP contribution is 2.50. The van der Waals surface area contributed by atoms with Crippen LogP contribution in [0.5, 0.6) is 0 Å². The van der Waals surface area contributed by atoms with Crippen molar-refractivity contribution in [2.45, 2.75) is 26.2 Å². The first-order valence-corrected chi connectivity index (χ1v) is 12.1. The average molecular weight is 502 g/mol. The molecule has 3 aromatic rings. The summed E-state index contributed by atoms with van der Waals surface area (Å²) >= 11 is 0. The zero-order valence-electron chi connectivity index (χ0n) is 20.3. The Morgan fingerprint density at radius 2 is 1.68 bits per heavy atom. The maximum absolute atomic E-state index is 13.9. The summed E-state index contributed by atoms with van der Waals surface area (Å²) < 4.78 is 27.9. The van der Waals surface area contributed by atoms with Crippen LogP contribution in [-0.2, 0) is 4.79 Å². The molecule has 0 bridgehead atoms. The molecule has 6 nitrogen and oxygen atoms in total. The smallest absolute Gasteiger partial charge is 0.261 e. The third-order valence-corrected chi connectivity index (χ3v) is 7.11. The van der Waals surface area contributed by atoms with E-state index in [0.29, 0.717) is 43.6 Å². The third-order valence-electron chi connectivity index (χ3n) is 7.11. The molecule has 1 saturated carbocycles. The Bertz CT molecular complexity index is 1390. The topological polar surface area (TPSA) is 79.4 Å². The monoisotopic (exact) mass is 501 g/mol. The first-order chi connectivity index (χ1) is 17.8. The Morgan fingerprint density at radius 1 is 0.973 bits per heavy atom. The van der Waals surface area contributed by atoms with Crippen LogP contribution in [0, 0.1) is 17.0 Å². The number of Topliss-reactive ketones (excluding diaryl/α,β-unsaturated/α-hetero) is 1. The minimum Gasteiger partial charge on any atom is -0.337 e. The number of aromatic nitrogens is 1. The second-order valence-electron chi connectivity index (χ2n) is 9.52. The second-order valence-corrected chi connectivity index (χ2v) is 9.52. The Kier molecular flexibility index (Phi) is 6.41. The molecule has 2 amide bonds. The van der Waals surface area contributed by atoms with Crippen molar-refractivity contribution in [3.05, 3.63) is 101 Å². The zero-order valence-corrected chi connectivity index (χ0v) is 20.3. The number of ketones is 1. The highest BCUT2D eigenvalue weighted by atomic mass is 19.1. The van der Waals surface area contributed by atoms with Crippen LogP contribution in [0.1, 0.15) is 52.5 Å². The molecule has 5 rings (SSSR count). The Morgan fingerprint density at radius 3 is 2.30 bits per heavy atom. The summed E-state index contributed by atoms with van der Waals surface area (Å²) in [5.74, 6) is -3.07. The summed E-state index contributed by atoms with van der Waals surface area (Å²) in [5.41, 5.74) is 2.17. The highest BCUT2D eigenvalue weighted by Gasteiger charge is 2.58. The predicted octanol–water partition coefficient (Wildman–Crippen LogP) is 5.28. The van der Waals surface area contributed by atoms with Crippen LogP contribution in [-0.4, -0.2) is 40.6 Å². The second kappa shape index (κ2) is 9.69. The Balaban J connectivity index is 1.30. The number of hydrogen-bond donors (Lipinski definition) is 1. The van der Waals surface area contributed by atoms with Crippen molar-refractivity contribution in [1.29, 1.82) is 0 Å². The summed E-state index contributed by atoms with van der Waals surface area (Å²) in [7, 11) is 0. The lowest BCUT2D eigenvalue weighted by atomic mass is 9.90. The van der Waals surface area contributed by atoms with E-state index in [4.69, 9.17) is 0 Å². The number of nitrogens with one attached hydrogen (secondary N) is 1. The molecular weight excluding hydrogens is 476 g/mol. The van der Waals surface area contributed by atoms with Crippen molar-refractivity contribution < 1.29 is 23.2 Å². The van der Waals surface area contributed by atoms with E-state index in [1.807, 2.05) is 6.92 Å². The standard InChI is InChI=1S/C29H25F2N3O3/c1-18-11-15-34(28(37)29(12-13-29)26(35)20-4-3-14-32-16-20)17-22(18)19-7-9-21(10-8-19)33-27(36)25-23(30)5-2-6-24(25)31/h2-10,14,16H,11-13,15,17H2,1H3,(H,33,36). The molecule has 0 radical (unpaired) electrons. The van der Waals surface area contributed by atoms with Gasteiger partial charge in [0.1, 0.15) is 22.6 Å². The van der Waals surface area contributed by atoms with Crippen molar-refractivity contribution in [2.24, 2.45) is 5.41 Å². The minimum absolute atomic E-state index is 0.151. The van der Waals surface area contributed by atoms with E-state index < -0.39 is 28.5 Å². The molecule has 2 aliphatic rings. The number of rotatable bonds is 6. The number of nitrogens with zero attached hydrogens (tertiary/aromatic N) is 2. The van der Waals surface area contributed by atoms with Gasteiger partial charge in [-0.2, -0.15) is 0 Å². The van der Waals surface area contributed by atoms with Gasteiger partial charge in [-0.3, -0.25) is 19.4 Å². The van der Waals surface area contributed by atoms with Gasteiger partial charge in [0, 0.05) is 36.7 Å². The first kappa shape index (κ1) is 24.5. The van der Waals surface area contributed by atoms with Crippen LogP contribution in [0.15, 0.2) is 72.6 Å². The van der Waals surface area contributed by atoms with Gasteiger partial charge < -0.3 is 10.2 Å². The maximum atomic E-state index is 13.9. The van der Waals surface area contributed by atoms with Crippen LogP contribution in [0.2, 0.25) is 0 Å². The first-order valence-electron chi connectivity index (χ1n) is 12.1. The fraction of sp³-hybridized carbons (Fsp3) is 0.241. The summed E-state index contributed by atoms with van der Waals surface area (Å²) in [6.45, 7) is 2.93. The maximum Gasteiger partial charge on any atom is 0.261 e. The zero-order chi connectivity index (χ0) is 26.2. The van der Waals surface area contributed by atoms with E-state index in [1.165, 1.54) is 12.3 Å². The van der Waals surface area contributed by atoms with Gasteiger partial charge in [-0.05, 0) is 73.7 Å². The lowest BCUT2D eigenvalue weighted by Crippen LogP contribution is -2.44. The number of carbonyl (C=O) groups excluding carboxylic acids is 3. The lowest BCUT2D eigenvalue weighted by molar-refractivity contribution is -0.134. The molecule has 0 saturated heterocycles. The van der Waals surface area contributed by atoms with Gasteiger partial charge in [0.2, 0.25) is 5.91 Å². The summed E-state index contributed by atoms with van der Waals surface area (Å²) in [6, 6.07) is 13.5. The number of amides is 2. The average Bonchev–Trinajstić information content (AvgIpc) is 3.71. The summed E-state index contributed by atoms with van der Waals surface area (Å²) in [5, 5.41) is 2.52. The fourth-order valence-corrected chi connectivity index (χ4v) is 4.77. The van der Waals surface area contributed by atoms with E-state index in [0.717, 1.165) is 28.8 Å². The molecule has 1 aromatic heterocycles.